The van der Waals surface area contributed by atoms with Gasteiger partial charge in [-0.15, -0.1) is 0 Å². The SMILES string of the molecule is CCOC(=O)N1CCN(C(=O)C(C)n2cc(NC(=O)c3cc4nc(C5CC5)cc(C(F)(F)F)n4n3)c(C)n2)CC1. The molecule has 3 aromatic rings. The molecule has 1 N–H and O–H groups in total. The second-order valence-electron chi connectivity index (χ2n) is 9.89. The van der Waals surface area contributed by atoms with Crippen molar-refractivity contribution >= 4 is 29.2 Å². The average Bonchev–Trinajstić information content (AvgIpc) is 3.58. The lowest BCUT2D eigenvalue weighted by Gasteiger charge is -2.35. The second kappa shape index (κ2) is 10.4. The van der Waals surface area contributed by atoms with Crippen molar-refractivity contribution in [3.05, 3.63) is 41.1 Å². The highest BCUT2D eigenvalue weighted by Crippen LogP contribution is 2.41. The molecule has 0 bridgehead atoms. The molecule has 4 heterocycles. The lowest BCUT2D eigenvalue weighted by Crippen LogP contribution is -2.52. The maximum absolute atomic E-state index is 13.7. The number of piperazine rings is 1. The van der Waals surface area contributed by atoms with Gasteiger partial charge in [-0.05, 0) is 39.7 Å². The molecule has 2 fully saturated rings. The lowest BCUT2D eigenvalue weighted by atomic mass is 10.2. The third-order valence-electron chi connectivity index (χ3n) is 7.00. The van der Waals surface area contributed by atoms with Gasteiger partial charge < -0.3 is 19.9 Å². The fourth-order valence-electron chi connectivity index (χ4n) is 4.59. The van der Waals surface area contributed by atoms with Gasteiger partial charge in [-0.25, -0.2) is 14.3 Å². The van der Waals surface area contributed by atoms with Crippen molar-refractivity contribution in [3.63, 3.8) is 0 Å². The van der Waals surface area contributed by atoms with Crippen LogP contribution in [0.1, 0.15) is 66.2 Å². The number of ether oxygens (including phenoxy) is 1. The van der Waals surface area contributed by atoms with Crippen LogP contribution in [0.2, 0.25) is 0 Å². The van der Waals surface area contributed by atoms with E-state index in [9.17, 15) is 27.6 Å². The van der Waals surface area contributed by atoms with Gasteiger partial charge in [0.25, 0.3) is 5.91 Å². The van der Waals surface area contributed by atoms with Crippen molar-refractivity contribution in [2.75, 3.05) is 38.1 Å². The highest BCUT2D eigenvalue weighted by molar-refractivity contribution is 6.03. The van der Waals surface area contributed by atoms with Gasteiger partial charge in [-0.1, -0.05) is 0 Å². The molecule has 12 nitrogen and oxygen atoms in total. The van der Waals surface area contributed by atoms with Gasteiger partial charge in [0.1, 0.15) is 11.7 Å². The number of nitrogens with zero attached hydrogens (tertiary/aromatic N) is 7. The third kappa shape index (κ3) is 5.45. The zero-order chi connectivity index (χ0) is 28.8. The van der Waals surface area contributed by atoms with Crippen molar-refractivity contribution in [1.82, 2.24) is 34.2 Å². The quantitative estimate of drug-likeness (QED) is 0.489. The number of anilines is 1. The number of aryl methyl sites for hydroxylation is 1. The number of carbonyl (C=O) groups is 3. The van der Waals surface area contributed by atoms with Crippen LogP contribution in [0.5, 0.6) is 0 Å². The Labute approximate surface area is 227 Å². The minimum Gasteiger partial charge on any atom is -0.450 e. The van der Waals surface area contributed by atoms with Gasteiger partial charge in [0.2, 0.25) is 5.91 Å². The van der Waals surface area contributed by atoms with Crippen molar-refractivity contribution < 1.29 is 32.3 Å². The van der Waals surface area contributed by atoms with Crippen LogP contribution in [-0.4, -0.2) is 84.9 Å². The number of halogens is 3. The zero-order valence-electron chi connectivity index (χ0n) is 22.2. The summed E-state index contributed by atoms with van der Waals surface area (Å²) in [5.74, 6) is -0.956. The zero-order valence-corrected chi connectivity index (χ0v) is 22.2. The van der Waals surface area contributed by atoms with E-state index in [1.165, 1.54) is 16.9 Å². The van der Waals surface area contributed by atoms with Gasteiger partial charge in [-0.3, -0.25) is 14.3 Å². The fourth-order valence-corrected chi connectivity index (χ4v) is 4.59. The van der Waals surface area contributed by atoms with Gasteiger partial charge in [0, 0.05) is 50.1 Å². The number of hydrogen-bond donors (Lipinski definition) is 1. The number of nitrogens with one attached hydrogen (secondary N) is 1. The Morgan fingerprint density at radius 1 is 1.10 bits per heavy atom. The highest BCUT2D eigenvalue weighted by atomic mass is 19.4. The lowest BCUT2D eigenvalue weighted by molar-refractivity contribution is -0.142. The first-order valence-corrected chi connectivity index (χ1v) is 13.0. The molecule has 2 aliphatic rings. The maximum Gasteiger partial charge on any atom is 0.433 e. The van der Waals surface area contributed by atoms with Gasteiger partial charge in [0.05, 0.1) is 18.0 Å². The summed E-state index contributed by atoms with van der Waals surface area (Å²) in [7, 11) is 0. The van der Waals surface area contributed by atoms with Crippen LogP contribution in [-0.2, 0) is 15.7 Å². The molecule has 40 heavy (non-hydrogen) atoms. The number of carbonyl (C=O) groups excluding carboxylic acids is 3. The molecule has 0 spiro atoms. The number of aromatic nitrogens is 5. The Hall–Kier alpha value is -4.17. The Morgan fingerprint density at radius 2 is 1.77 bits per heavy atom. The molecule has 3 amide bonds. The van der Waals surface area contributed by atoms with E-state index in [4.69, 9.17) is 4.74 Å². The van der Waals surface area contributed by atoms with Crippen molar-refractivity contribution in [2.24, 2.45) is 0 Å². The van der Waals surface area contributed by atoms with Crippen molar-refractivity contribution in [3.8, 4) is 0 Å². The molecule has 0 radical (unpaired) electrons. The first-order valence-electron chi connectivity index (χ1n) is 13.0. The summed E-state index contributed by atoms with van der Waals surface area (Å²) in [6.45, 7) is 6.69. The van der Waals surface area contributed by atoms with E-state index in [-0.39, 0.29) is 35.5 Å². The molecule has 1 saturated carbocycles. The molecule has 0 aromatic carbocycles. The standard InChI is InChI=1S/C25H29F3N8O4/c1-4-40-24(39)34-9-7-33(8-10-34)23(38)15(3)35-13-19(14(2)31-35)30-22(37)18-12-21-29-17(16-5-6-16)11-20(25(26,27)28)36(21)32-18/h11-13,15-16H,4-10H2,1-3H3,(H,30,37). The second-order valence-corrected chi connectivity index (χ2v) is 9.89. The molecule has 1 aliphatic heterocycles. The monoisotopic (exact) mass is 562 g/mol. The Kier molecular flexibility index (Phi) is 7.14. The van der Waals surface area contributed by atoms with Crippen LogP contribution >= 0.6 is 0 Å². The number of fused-ring (bicyclic) bond motifs is 1. The summed E-state index contributed by atoms with van der Waals surface area (Å²) < 4.78 is 48.2. The van der Waals surface area contributed by atoms with E-state index in [1.807, 2.05) is 0 Å². The minimum atomic E-state index is -4.67. The van der Waals surface area contributed by atoms with Crippen LogP contribution in [0.4, 0.5) is 23.7 Å². The number of amides is 3. The minimum absolute atomic E-state index is 0.0158. The Bertz CT molecular complexity index is 1450. The number of alkyl halides is 3. The van der Waals surface area contributed by atoms with E-state index in [0.29, 0.717) is 42.1 Å². The smallest absolute Gasteiger partial charge is 0.433 e. The van der Waals surface area contributed by atoms with Crippen LogP contribution in [0.15, 0.2) is 18.3 Å². The first-order chi connectivity index (χ1) is 19.0. The van der Waals surface area contributed by atoms with Crippen LogP contribution in [0.3, 0.4) is 0 Å². The molecular weight excluding hydrogens is 533 g/mol. The van der Waals surface area contributed by atoms with Crippen LogP contribution < -0.4 is 5.32 Å². The molecular formula is C25H29F3N8O4. The normalized spacial score (nSPS) is 16.8. The molecule has 5 rings (SSSR count). The summed E-state index contributed by atoms with van der Waals surface area (Å²) in [6.07, 6.45) is -2.04. The summed E-state index contributed by atoms with van der Waals surface area (Å²) in [5.41, 5.74) is -0.244. The maximum atomic E-state index is 13.7. The molecule has 15 heteroatoms. The van der Waals surface area contributed by atoms with Crippen LogP contribution in [0, 0.1) is 6.92 Å². The number of hydrogen-bond acceptors (Lipinski definition) is 7. The van der Waals surface area contributed by atoms with Crippen molar-refractivity contribution in [1.29, 1.82) is 0 Å². The fraction of sp³-hybridized carbons (Fsp3) is 0.520. The van der Waals surface area contributed by atoms with Gasteiger partial charge in [-0.2, -0.15) is 23.4 Å². The predicted octanol–water partition coefficient (Wildman–Crippen LogP) is 3.24. The van der Waals surface area contributed by atoms with E-state index < -0.39 is 29.9 Å². The van der Waals surface area contributed by atoms with Gasteiger partial charge >= 0.3 is 12.3 Å². The topological polar surface area (TPSA) is 127 Å². The average molecular weight is 563 g/mol. The molecule has 1 atom stereocenters. The predicted molar refractivity (Wildman–Crippen MR) is 135 cm³/mol. The molecule has 3 aromatic heterocycles. The Morgan fingerprint density at radius 3 is 2.40 bits per heavy atom. The van der Waals surface area contributed by atoms with E-state index in [1.54, 1.807) is 30.6 Å². The summed E-state index contributed by atoms with van der Waals surface area (Å²) in [6, 6.07) is 1.51. The Balaban J connectivity index is 1.28. The third-order valence-corrected chi connectivity index (χ3v) is 7.00. The molecule has 1 saturated heterocycles. The molecule has 1 aliphatic carbocycles. The summed E-state index contributed by atoms with van der Waals surface area (Å²) >= 11 is 0. The molecule has 214 valence electrons. The largest absolute Gasteiger partial charge is 0.450 e. The van der Waals surface area contributed by atoms with E-state index >= 15 is 0 Å². The van der Waals surface area contributed by atoms with Crippen LogP contribution in [0.25, 0.3) is 5.65 Å². The molecule has 1 unspecified atom stereocenters. The number of rotatable bonds is 6. The van der Waals surface area contributed by atoms with Crippen molar-refractivity contribution in [2.45, 2.75) is 51.7 Å². The first kappa shape index (κ1) is 27.4. The summed E-state index contributed by atoms with van der Waals surface area (Å²) in [4.78, 5) is 45.4. The van der Waals surface area contributed by atoms with E-state index in [2.05, 4.69) is 20.5 Å². The van der Waals surface area contributed by atoms with Gasteiger partial charge in [0.15, 0.2) is 11.3 Å². The summed E-state index contributed by atoms with van der Waals surface area (Å²) in [5, 5.41) is 10.9. The van der Waals surface area contributed by atoms with E-state index in [0.717, 1.165) is 18.9 Å². The highest BCUT2D eigenvalue weighted by Gasteiger charge is 2.37.